The van der Waals surface area contributed by atoms with Gasteiger partial charge < -0.3 is 19.9 Å². The van der Waals surface area contributed by atoms with Gasteiger partial charge in [0, 0.05) is 44.2 Å². The lowest BCUT2D eigenvalue weighted by molar-refractivity contribution is -0.128. The zero-order chi connectivity index (χ0) is 19.2. The predicted octanol–water partition coefficient (Wildman–Crippen LogP) is 2.16. The van der Waals surface area contributed by atoms with Gasteiger partial charge in [-0.1, -0.05) is 12.1 Å². The fourth-order valence-electron chi connectivity index (χ4n) is 3.54. The Balaban J connectivity index is 1.47. The number of hydrogen-bond acceptors (Lipinski definition) is 4. The smallest absolute Gasteiger partial charge is 0.409 e. The average Bonchev–Trinajstić information content (AvgIpc) is 3.07. The molecule has 0 bridgehead atoms. The van der Waals surface area contributed by atoms with E-state index in [9.17, 15) is 14.4 Å². The number of carbonyl (C=O) groups excluding carboxylic acids is 3. The quantitative estimate of drug-likeness (QED) is 0.858. The topological polar surface area (TPSA) is 79.0 Å². The highest BCUT2D eigenvalue weighted by Crippen LogP contribution is 2.16. The highest BCUT2D eigenvalue weighted by atomic mass is 16.6. The van der Waals surface area contributed by atoms with Crippen molar-refractivity contribution in [3.8, 4) is 0 Å². The van der Waals surface area contributed by atoms with Crippen molar-refractivity contribution in [3.63, 3.8) is 0 Å². The van der Waals surface area contributed by atoms with E-state index in [1.807, 2.05) is 17.0 Å². The molecule has 1 aromatic rings. The summed E-state index contributed by atoms with van der Waals surface area (Å²) in [6.07, 6.45) is 2.72. The van der Waals surface area contributed by atoms with Crippen molar-refractivity contribution in [2.45, 2.75) is 45.2 Å². The maximum atomic E-state index is 12.5. The first-order valence-corrected chi connectivity index (χ1v) is 9.66. The van der Waals surface area contributed by atoms with Crippen LogP contribution in [-0.4, -0.2) is 60.0 Å². The van der Waals surface area contributed by atoms with E-state index in [1.54, 1.807) is 24.0 Å². The van der Waals surface area contributed by atoms with Crippen LogP contribution in [0, 0.1) is 0 Å². The number of hydrogen-bond donors (Lipinski definition) is 1. The fraction of sp³-hybridized carbons (Fsp3) is 0.550. The van der Waals surface area contributed by atoms with Gasteiger partial charge >= 0.3 is 6.09 Å². The molecule has 0 radical (unpaired) electrons. The SMILES string of the molecule is CCOC(=O)N1CCC(NC(=O)c2ccc(CN3CCCC3=O)cc2)CC1. The van der Waals surface area contributed by atoms with E-state index >= 15 is 0 Å². The second-order valence-electron chi connectivity index (χ2n) is 7.05. The van der Waals surface area contributed by atoms with E-state index < -0.39 is 0 Å². The summed E-state index contributed by atoms with van der Waals surface area (Å²) in [6.45, 7) is 4.76. The minimum atomic E-state index is -0.283. The van der Waals surface area contributed by atoms with Gasteiger partial charge in [-0.25, -0.2) is 4.79 Å². The van der Waals surface area contributed by atoms with Crippen molar-refractivity contribution in [1.82, 2.24) is 15.1 Å². The lowest BCUT2D eigenvalue weighted by Crippen LogP contribution is -2.46. The van der Waals surface area contributed by atoms with Gasteiger partial charge in [-0.15, -0.1) is 0 Å². The summed E-state index contributed by atoms with van der Waals surface area (Å²) in [5.41, 5.74) is 1.64. The molecule has 2 aliphatic rings. The Morgan fingerprint density at radius 1 is 1.15 bits per heavy atom. The lowest BCUT2D eigenvalue weighted by Gasteiger charge is -2.31. The summed E-state index contributed by atoms with van der Waals surface area (Å²) >= 11 is 0. The maximum absolute atomic E-state index is 12.5. The molecule has 2 saturated heterocycles. The summed E-state index contributed by atoms with van der Waals surface area (Å²) in [6, 6.07) is 7.48. The second-order valence-corrected chi connectivity index (χ2v) is 7.05. The maximum Gasteiger partial charge on any atom is 0.409 e. The number of carbonyl (C=O) groups is 3. The first-order chi connectivity index (χ1) is 13.1. The van der Waals surface area contributed by atoms with Crippen molar-refractivity contribution in [2.75, 3.05) is 26.2 Å². The Kier molecular flexibility index (Phi) is 6.32. The number of nitrogens with zero attached hydrogens (tertiary/aromatic N) is 2. The van der Waals surface area contributed by atoms with E-state index in [0.29, 0.717) is 38.2 Å². The average molecular weight is 373 g/mol. The van der Waals surface area contributed by atoms with Crippen LogP contribution < -0.4 is 5.32 Å². The lowest BCUT2D eigenvalue weighted by atomic mass is 10.0. The second kappa shape index (κ2) is 8.88. The van der Waals surface area contributed by atoms with E-state index in [4.69, 9.17) is 4.74 Å². The minimum Gasteiger partial charge on any atom is -0.450 e. The van der Waals surface area contributed by atoms with Crippen molar-refractivity contribution >= 4 is 17.9 Å². The van der Waals surface area contributed by atoms with Gasteiger partial charge in [0.05, 0.1) is 6.61 Å². The van der Waals surface area contributed by atoms with Crippen LogP contribution >= 0.6 is 0 Å². The molecule has 0 atom stereocenters. The van der Waals surface area contributed by atoms with Crippen molar-refractivity contribution in [3.05, 3.63) is 35.4 Å². The Bertz CT molecular complexity index is 681. The van der Waals surface area contributed by atoms with Crippen LogP contribution in [0.25, 0.3) is 0 Å². The molecule has 0 spiro atoms. The first-order valence-electron chi connectivity index (χ1n) is 9.66. The van der Waals surface area contributed by atoms with Crippen LogP contribution in [0.15, 0.2) is 24.3 Å². The highest BCUT2D eigenvalue weighted by molar-refractivity contribution is 5.94. The molecule has 2 aliphatic heterocycles. The van der Waals surface area contributed by atoms with Gasteiger partial charge in [-0.3, -0.25) is 9.59 Å². The Labute approximate surface area is 159 Å². The molecule has 1 N–H and O–H groups in total. The van der Waals surface area contributed by atoms with Crippen molar-refractivity contribution < 1.29 is 19.1 Å². The number of rotatable bonds is 5. The molecule has 2 heterocycles. The van der Waals surface area contributed by atoms with Crippen molar-refractivity contribution in [1.29, 1.82) is 0 Å². The van der Waals surface area contributed by atoms with Crippen LogP contribution in [0.2, 0.25) is 0 Å². The molecular weight excluding hydrogens is 346 g/mol. The third kappa shape index (κ3) is 4.99. The monoisotopic (exact) mass is 373 g/mol. The number of likely N-dealkylation sites (tertiary alicyclic amines) is 2. The molecule has 3 rings (SSSR count). The summed E-state index contributed by atoms with van der Waals surface area (Å²) in [7, 11) is 0. The van der Waals surface area contributed by atoms with E-state index in [1.165, 1.54) is 0 Å². The molecule has 2 fully saturated rings. The normalized spacial score (nSPS) is 17.9. The molecule has 0 unspecified atom stereocenters. The van der Waals surface area contributed by atoms with Crippen LogP contribution in [0.3, 0.4) is 0 Å². The summed E-state index contributed by atoms with van der Waals surface area (Å²) in [5.74, 6) is 0.0966. The zero-order valence-electron chi connectivity index (χ0n) is 15.8. The zero-order valence-corrected chi connectivity index (χ0v) is 15.8. The molecule has 7 nitrogen and oxygen atoms in total. The van der Waals surface area contributed by atoms with E-state index in [2.05, 4.69) is 5.32 Å². The number of amides is 3. The molecule has 0 aromatic heterocycles. The Hall–Kier alpha value is -2.57. The fourth-order valence-corrected chi connectivity index (χ4v) is 3.54. The van der Waals surface area contributed by atoms with Gasteiger partial charge in [0.1, 0.15) is 0 Å². The molecule has 0 aliphatic carbocycles. The standard InChI is InChI=1S/C20H27N3O4/c1-2-27-20(26)22-12-9-17(10-13-22)21-19(25)16-7-5-15(6-8-16)14-23-11-3-4-18(23)24/h5-8,17H,2-4,9-14H2,1H3,(H,21,25). The number of nitrogens with one attached hydrogen (secondary N) is 1. The van der Waals surface area contributed by atoms with Crippen LogP contribution in [0.5, 0.6) is 0 Å². The summed E-state index contributed by atoms with van der Waals surface area (Å²) in [5, 5.41) is 3.04. The predicted molar refractivity (Wildman–Crippen MR) is 100 cm³/mol. The van der Waals surface area contributed by atoms with Crippen molar-refractivity contribution in [2.24, 2.45) is 0 Å². The van der Waals surface area contributed by atoms with Gasteiger partial charge in [-0.2, -0.15) is 0 Å². The molecule has 7 heteroatoms. The molecule has 27 heavy (non-hydrogen) atoms. The Morgan fingerprint density at radius 3 is 2.44 bits per heavy atom. The van der Waals surface area contributed by atoms with Gasteiger partial charge in [0.25, 0.3) is 5.91 Å². The van der Waals surface area contributed by atoms with Gasteiger partial charge in [0.2, 0.25) is 5.91 Å². The molecular formula is C20H27N3O4. The first kappa shape index (κ1) is 19.2. The highest BCUT2D eigenvalue weighted by Gasteiger charge is 2.25. The van der Waals surface area contributed by atoms with Gasteiger partial charge in [-0.05, 0) is 43.9 Å². The number of piperidine rings is 1. The van der Waals surface area contributed by atoms with Gasteiger partial charge in [0.15, 0.2) is 0 Å². The molecule has 146 valence electrons. The minimum absolute atomic E-state index is 0.0603. The summed E-state index contributed by atoms with van der Waals surface area (Å²) < 4.78 is 5.01. The number of ether oxygens (including phenoxy) is 1. The van der Waals surface area contributed by atoms with Crippen LogP contribution in [-0.2, 0) is 16.1 Å². The molecule has 3 amide bonds. The number of benzene rings is 1. The third-order valence-electron chi connectivity index (χ3n) is 5.12. The molecule has 1 aromatic carbocycles. The molecule has 0 saturated carbocycles. The van der Waals surface area contributed by atoms with Crippen LogP contribution in [0.4, 0.5) is 4.79 Å². The van der Waals surface area contributed by atoms with Crippen LogP contribution in [0.1, 0.15) is 48.5 Å². The van der Waals surface area contributed by atoms with E-state index in [-0.39, 0.29) is 23.9 Å². The Morgan fingerprint density at radius 2 is 1.85 bits per heavy atom. The third-order valence-corrected chi connectivity index (χ3v) is 5.12. The summed E-state index contributed by atoms with van der Waals surface area (Å²) in [4.78, 5) is 39.4. The van der Waals surface area contributed by atoms with E-state index in [0.717, 1.165) is 31.4 Å². The largest absolute Gasteiger partial charge is 0.450 e.